The summed E-state index contributed by atoms with van der Waals surface area (Å²) in [6, 6.07) is 1.85. The molecule has 0 radical (unpaired) electrons. The highest BCUT2D eigenvalue weighted by molar-refractivity contribution is 7.08. The molecule has 0 saturated carbocycles. The Hall–Kier alpha value is -1.40. The summed E-state index contributed by atoms with van der Waals surface area (Å²) in [5.41, 5.74) is 0.628. The highest BCUT2D eigenvalue weighted by atomic mass is 32.1. The van der Waals surface area contributed by atoms with Gasteiger partial charge in [-0.1, -0.05) is 0 Å². The second-order valence-corrected chi connectivity index (χ2v) is 5.56. The molecule has 2 N–H and O–H groups in total. The molecule has 6 heteroatoms. The van der Waals surface area contributed by atoms with Crippen molar-refractivity contribution in [3.63, 3.8) is 0 Å². The molecule has 2 amide bonds. The Balaban J connectivity index is 2.35. The van der Waals surface area contributed by atoms with E-state index in [2.05, 4.69) is 5.32 Å². The van der Waals surface area contributed by atoms with Gasteiger partial charge in [0.1, 0.15) is 0 Å². The molecule has 0 bridgehead atoms. The van der Waals surface area contributed by atoms with Crippen LogP contribution in [0.15, 0.2) is 16.8 Å². The van der Waals surface area contributed by atoms with Gasteiger partial charge >= 0.3 is 0 Å². The number of hydrogen-bond donors (Lipinski definition) is 2. The standard InChI is InChI=1S/C14H22N2O3S/c1-11(2)16(7-3-8-17)13(18)4-6-15-14(19)12-5-9-20-10-12/h5,9-11,17H,3-4,6-8H2,1-2H3,(H,15,19). The molecule has 0 atom stereocenters. The maximum Gasteiger partial charge on any atom is 0.252 e. The van der Waals surface area contributed by atoms with Crippen molar-refractivity contribution in [1.82, 2.24) is 10.2 Å². The van der Waals surface area contributed by atoms with Crippen molar-refractivity contribution in [3.05, 3.63) is 22.4 Å². The predicted octanol–water partition coefficient (Wildman–Crippen LogP) is 1.49. The Morgan fingerprint density at radius 3 is 2.75 bits per heavy atom. The summed E-state index contributed by atoms with van der Waals surface area (Å²) in [5, 5.41) is 15.2. The Kier molecular flexibility index (Phi) is 7.25. The molecule has 20 heavy (non-hydrogen) atoms. The number of amides is 2. The largest absolute Gasteiger partial charge is 0.396 e. The van der Waals surface area contributed by atoms with Crippen molar-refractivity contribution in [3.8, 4) is 0 Å². The van der Waals surface area contributed by atoms with Gasteiger partial charge in [-0.2, -0.15) is 11.3 Å². The van der Waals surface area contributed by atoms with E-state index in [1.54, 1.807) is 16.3 Å². The second-order valence-electron chi connectivity index (χ2n) is 4.78. The van der Waals surface area contributed by atoms with Gasteiger partial charge in [-0.25, -0.2) is 0 Å². The summed E-state index contributed by atoms with van der Waals surface area (Å²) in [7, 11) is 0. The minimum absolute atomic E-state index is 0.000862. The SMILES string of the molecule is CC(C)N(CCCO)C(=O)CCNC(=O)c1ccsc1. The molecule has 1 aromatic rings. The Morgan fingerprint density at radius 2 is 2.20 bits per heavy atom. The number of carbonyl (C=O) groups excluding carboxylic acids is 2. The van der Waals surface area contributed by atoms with Crippen molar-refractivity contribution >= 4 is 23.2 Å². The van der Waals surface area contributed by atoms with Crippen LogP contribution in [0.25, 0.3) is 0 Å². The first-order valence-corrected chi connectivity index (χ1v) is 7.71. The van der Waals surface area contributed by atoms with Crippen molar-refractivity contribution in [2.24, 2.45) is 0 Å². The van der Waals surface area contributed by atoms with Crippen molar-refractivity contribution in [2.45, 2.75) is 32.7 Å². The minimum Gasteiger partial charge on any atom is -0.396 e. The highest BCUT2D eigenvalue weighted by Gasteiger charge is 2.16. The summed E-state index contributed by atoms with van der Waals surface area (Å²) in [6.45, 7) is 4.84. The van der Waals surface area contributed by atoms with Crippen molar-refractivity contribution in [1.29, 1.82) is 0 Å². The van der Waals surface area contributed by atoms with Crippen LogP contribution in [0.5, 0.6) is 0 Å². The predicted molar refractivity (Wildman–Crippen MR) is 79.8 cm³/mol. The van der Waals surface area contributed by atoms with Gasteiger partial charge < -0.3 is 15.3 Å². The summed E-state index contributed by atoms with van der Waals surface area (Å²) in [6.07, 6.45) is 0.852. The third-order valence-corrected chi connectivity index (χ3v) is 3.59. The van der Waals surface area contributed by atoms with Crippen LogP contribution in [0.2, 0.25) is 0 Å². The molecule has 0 unspecified atom stereocenters. The van der Waals surface area contributed by atoms with Gasteiger partial charge in [-0.15, -0.1) is 0 Å². The van der Waals surface area contributed by atoms with E-state index >= 15 is 0 Å². The molecule has 1 heterocycles. The van der Waals surface area contributed by atoms with Gasteiger partial charge in [0.25, 0.3) is 5.91 Å². The zero-order valence-electron chi connectivity index (χ0n) is 12.0. The molecule has 1 rings (SSSR count). The van der Waals surface area contributed by atoms with Crippen LogP contribution in [0.4, 0.5) is 0 Å². The van der Waals surface area contributed by atoms with Crippen LogP contribution in [0.3, 0.4) is 0 Å². The number of hydrogen-bond acceptors (Lipinski definition) is 4. The Labute approximate surface area is 123 Å². The lowest BCUT2D eigenvalue weighted by Gasteiger charge is -2.26. The molecule has 0 saturated heterocycles. The molecular weight excluding hydrogens is 276 g/mol. The van der Waals surface area contributed by atoms with Crippen LogP contribution in [-0.2, 0) is 4.79 Å². The summed E-state index contributed by atoms with van der Waals surface area (Å²) in [4.78, 5) is 25.5. The van der Waals surface area contributed by atoms with Gasteiger partial charge in [-0.3, -0.25) is 9.59 Å². The third-order valence-electron chi connectivity index (χ3n) is 2.91. The van der Waals surface area contributed by atoms with Gasteiger partial charge in [-0.05, 0) is 31.7 Å². The van der Waals surface area contributed by atoms with Gasteiger partial charge in [0.15, 0.2) is 0 Å². The van der Waals surface area contributed by atoms with E-state index < -0.39 is 0 Å². The third kappa shape index (κ3) is 5.30. The molecule has 0 aliphatic heterocycles. The number of nitrogens with zero attached hydrogens (tertiary/aromatic N) is 1. The maximum atomic E-state index is 12.1. The molecule has 1 aromatic heterocycles. The molecule has 0 aromatic carbocycles. The van der Waals surface area contributed by atoms with Crippen LogP contribution in [-0.4, -0.2) is 47.6 Å². The molecule has 0 aliphatic carbocycles. The van der Waals surface area contributed by atoms with Crippen molar-refractivity contribution in [2.75, 3.05) is 19.7 Å². The van der Waals surface area contributed by atoms with Gasteiger partial charge in [0.05, 0.1) is 0 Å². The first kappa shape index (κ1) is 16.7. The maximum absolute atomic E-state index is 12.1. The fourth-order valence-electron chi connectivity index (χ4n) is 1.83. The van der Waals surface area contributed by atoms with Crippen LogP contribution >= 0.6 is 11.3 Å². The molecule has 0 spiro atoms. The first-order valence-electron chi connectivity index (χ1n) is 6.77. The Morgan fingerprint density at radius 1 is 1.45 bits per heavy atom. The van der Waals surface area contributed by atoms with E-state index in [9.17, 15) is 9.59 Å². The van der Waals surface area contributed by atoms with Gasteiger partial charge in [0, 0.05) is 43.1 Å². The molecule has 0 fully saturated rings. The number of rotatable bonds is 8. The average Bonchev–Trinajstić information content (AvgIpc) is 2.92. The lowest BCUT2D eigenvalue weighted by molar-refractivity contribution is -0.132. The number of carbonyl (C=O) groups is 2. The zero-order valence-corrected chi connectivity index (χ0v) is 12.8. The topological polar surface area (TPSA) is 69.6 Å². The number of aliphatic hydroxyl groups is 1. The fraction of sp³-hybridized carbons (Fsp3) is 0.571. The van der Waals surface area contributed by atoms with E-state index in [-0.39, 0.29) is 30.9 Å². The van der Waals surface area contributed by atoms with E-state index in [1.165, 1.54) is 11.3 Å². The zero-order chi connectivity index (χ0) is 15.0. The van der Waals surface area contributed by atoms with E-state index in [1.807, 2.05) is 19.2 Å². The van der Waals surface area contributed by atoms with E-state index in [0.717, 1.165) is 0 Å². The number of nitrogens with one attached hydrogen (secondary N) is 1. The normalized spacial score (nSPS) is 10.6. The van der Waals surface area contributed by atoms with Crippen LogP contribution < -0.4 is 5.32 Å². The minimum atomic E-state index is -0.148. The summed E-state index contributed by atoms with van der Waals surface area (Å²) < 4.78 is 0. The van der Waals surface area contributed by atoms with Crippen molar-refractivity contribution < 1.29 is 14.7 Å². The van der Waals surface area contributed by atoms with Crippen LogP contribution in [0, 0.1) is 0 Å². The highest BCUT2D eigenvalue weighted by Crippen LogP contribution is 2.06. The molecule has 0 aliphatic rings. The lowest BCUT2D eigenvalue weighted by Crippen LogP contribution is -2.39. The van der Waals surface area contributed by atoms with E-state index in [0.29, 0.717) is 25.1 Å². The number of aliphatic hydroxyl groups excluding tert-OH is 1. The number of thiophene rings is 1. The van der Waals surface area contributed by atoms with E-state index in [4.69, 9.17) is 5.11 Å². The fourth-order valence-corrected chi connectivity index (χ4v) is 2.47. The van der Waals surface area contributed by atoms with Gasteiger partial charge in [0.2, 0.25) is 5.91 Å². The summed E-state index contributed by atoms with van der Waals surface area (Å²) in [5.74, 6) is -0.149. The quantitative estimate of drug-likeness (QED) is 0.764. The molecular formula is C14H22N2O3S. The van der Waals surface area contributed by atoms with Crippen LogP contribution in [0.1, 0.15) is 37.0 Å². The Bertz CT molecular complexity index is 418. The summed E-state index contributed by atoms with van der Waals surface area (Å²) >= 11 is 1.47. The smallest absolute Gasteiger partial charge is 0.252 e. The lowest BCUT2D eigenvalue weighted by atomic mass is 10.2. The molecule has 5 nitrogen and oxygen atoms in total. The monoisotopic (exact) mass is 298 g/mol. The first-order chi connectivity index (χ1) is 9.56. The second kappa shape index (κ2) is 8.71. The average molecular weight is 298 g/mol. The molecule has 112 valence electrons.